The molecule has 1 nitrogen and oxygen atoms in total. The minimum Gasteiger partial charge on any atom is -0.248 e. The van der Waals surface area contributed by atoms with E-state index in [4.69, 9.17) is 0 Å². The van der Waals surface area contributed by atoms with Crippen LogP contribution < -0.4 is 0 Å². The Bertz CT molecular complexity index is 89.3. The fraction of sp³-hybridized carbons (Fsp3) is 1.00. The maximum absolute atomic E-state index is 2.34. The molecule has 0 aliphatic heterocycles. The first-order chi connectivity index (χ1) is 4.60. The number of hydrogen-bond donors (Lipinski definition) is 0. The summed E-state index contributed by atoms with van der Waals surface area (Å²) in [6, 6.07) is 0. The van der Waals surface area contributed by atoms with E-state index in [0.29, 0.717) is 5.54 Å². The summed E-state index contributed by atoms with van der Waals surface area (Å²) < 4.78 is 2.34. The SMILES string of the molecule is CCC(C)(CC)N(C)SC. The van der Waals surface area contributed by atoms with Gasteiger partial charge in [-0.25, -0.2) is 4.31 Å². The molecule has 10 heavy (non-hydrogen) atoms. The molecule has 0 amide bonds. The van der Waals surface area contributed by atoms with Gasteiger partial charge in [0, 0.05) is 5.54 Å². The van der Waals surface area contributed by atoms with Crippen LogP contribution in [0.1, 0.15) is 33.6 Å². The van der Waals surface area contributed by atoms with Gasteiger partial charge in [-0.15, -0.1) is 0 Å². The maximum atomic E-state index is 2.34. The van der Waals surface area contributed by atoms with Crippen LogP contribution in [0.4, 0.5) is 0 Å². The fourth-order valence-corrected chi connectivity index (χ4v) is 1.61. The Morgan fingerprint density at radius 1 is 1.30 bits per heavy atom. The van der Waals surface area contributed by atoms with Gasteiger partial charge in [-0.05, 0) is 33.1 Å². The second-order valence-corrected chi connectivity index (χ2v) is 3.80. The van der Waals surface area contributed by atoms with Crippen LogP contribution in [0.2, 0.25) is 0 Å². The molecule has 0 saturated carbocycles. The highest BCUT2D eigenvalue weighted by molar-refractivity contribution is 7.96. The highest BCUT2D eigenvalue weighted by atomic mass is 32.2. The predicted molar refractivity (Wildman–Crippen MR) is 50.3 cm³/mol. The number of nitrogens with zero attached hydrogens (tertiary/aromatic N) is 1. The van der Waals surface area contributed by atoms with E-state index in [1.807, 2.05) is 11.9 Å². The van der Waals surface area contributed by atoms with Crippen LogP contribution in [0.3, 0.4) is 0 Å². The molecule has 0 aliphatic rings. The van der Waals surface area contributed by atoms with Gasteiger partial charge in [0.15, 0.2) is 0 Å². The zero-order valence-electron chi connectivity index (χ0n) is 7.77. The van der Waals surface area contributed by atoms with Crippen molar-refractivity contribution in [3.63, 3.8) is 0 Å². The lowest BCUT2D eigenvalue weighted by atomic mass is 9.96. The van der Waals surface area contributed by atoms with Crippen LogP contribution in [0.15, 0.2) is 0 Å². The largest absolute Gasteiger partial charge is 0.248 e. The van der Waals surface area contributed by atoms with Crippen molar-refractivity contribution in [3.8, 4) is 0 Å². The van der Waals surface area contributed by atoms with Crippen LogP contribution in [-0.4, -0.2) is 23.1 Å². The van der Waals surface area contributed by atoms with Gasteiger partial charge in [-0.3, -0.25) is 0 Å². The quantitative estimate of drug-likeness (QED) is 0.583. The lowest BCUT2D eigenvalue weighted by molar-refractivity contribution is 0.243. The van der Waals surface area contributed by atoms with Crippen molar-refractivity contribution in [3.05, 3.63) is 0 Å². The van der Waals surface area contributed by atoms with Gasteiger partial charge in [-0.1, -0.05) is 25.8 Å². The highest BCUT2D eigenvalue weighted by Crippen LogP contribution is 2.26. The van der Waals surface area contributed by atoms with Crippen molar-refractivity contribution in [2.45, 2.75) is 39.2 Å². The van der Waals surface area contributed by atoms with Crippen LogP contribution >= 0.6 is 11.9 Å². The van der Waals surface area contributed by atoms with Crippen LogP contribution in [0, 0.1) is 0 Å². The Morgan fingerprint density at radius 2 is 1.70 bits per heavy atom. The molecule has 0 unspecified atom stereocenters. The molecule has 0 spiro atoms. The minimum absolute atomic E-state index is 0.388. The molecule has 0 fully saturated rings. The molecule has 0 rings (SSSR count). The first-order valence-electron chi connectivity index (χ1n) is 3.88. The van der Waals surface area contributed by atoms with Crippen LogP contribution in [0.25, 0.3) is 0 Å². The Balaban J connectivity index is 4.02. The molecule has 0 heterocycles. The van der Waals surface area contributed by atoms with E-state index in [1.54, 1.807) is 0 Å². The monoisotopic (exact) mass is 161 g/mol. The summed E-state index contributed by atoms with van der Waals surface area (Å²) in [4.78, 5) is 0. The van der Waals surface area contributed by atoms with E-state index in [2.05, 4.69) is 38.4 Å². The van der Waals surface area contributed by atoms with Gasteiger partial charge < -0.3 is 0 Å². The number of rotatable bonds is 4. The lowest BCUT2D eigenvalue weighted by Crippen LogP contribution is -2.37. The first kappa shape index (κ1) is 10.3. The van der Waals surface area contributed by atoms with Crippen molar-refractivity contribution in [1.29, 1.82) is 0 Å². The summed E-state index contributed by atoms with van der Waals surface area (Å²) in [5.74, 6) is 0. The van der Waals surface area contributed by atoms with Gasteiger partial charge >= 0.3 is 0 Å². The minimum atomic E-state index is 0.388. The molecular weight excluding hydrogens is 142 g/mol. The molecule has 0 aliphatic carbocycles. The molecule has 0 aromatic rings. The molecule has 2 heteroatoms. The third-order valence-electron chi connectivity index (χ3n) is 2.56. The second-order valence-electron chi connectivity index (χ2n) is 2.88. The van der Waals surface area contributed by atoms with Crippen molar-refractivity contribution < 1.29 is 0 Å². The zero-order chi connectivity index (χ0) is 8.20. The molecule has 62 valence electrons. The third-order valence-corrected chi connectivity index (χ3v) is 3.55. The van der Waals surface area contributed by atoms with Crippen molar-refractivity contribution in [2.75, 3.05) is 13.3 Å². The fourth-order valence-electron chi connectivity index (χ4n) is 0.916. The average molecular weight is 161 g/mol. The Labute approximate surface area is 69.3 Å². The standard InChI is InChI=1S/C8H19NS/c1-6-8(3,7-2)9(4)10-5/h6-7H2,1-5H3. The smallest absolute Gasteiger partial charge is 0.0277 e. The molecule has 0 N–H and O–H groups in total. The molecule has 0 bridgehead atoms. The zero-order valence-corrected chi connectivity index (χ0v) is 8.59. The molecule has 0 atom stereocenters. The van der Waals surface area contributed by atoms with Crippen molar-refractivity contribution in [2.24, 2.45) is 0 Å². The average Bonchev–Trinajstić information content (AvgIpc) is 2.01. The predicted octanol–water partition coefficient (Wildman–Crippen LogP) is 2.77. The summed E-state index contributed by atoms with van der Waals surface area (Å²) in [6.07, 6.45) is 4.57. The van der Waals surface area contributed by atoms with E-state index >= 15 is 0 Å². The van der Waals surface area contributed by atoms with Gasteiger partial charge in [0.1, 0.15) is 0 Å². The van der Waals surface area contributed by atoms with E-state index in [-0.39, 0.29) is 0 Å². The summed E-state index contributed by atoms with van der Waals surface area (Å²) in [5, 5.41) is 0. The Morgan fingerprint density at radius 3 is 1.80 bits per heavy atom. The topological polar surface area (TPSA) is 3.24 Å². The molecule has 0 aromatic heterocycles. The normalized spacial score (nSPS) is 12.6. The molecular formula is C8H19NS. The lowest BCUT2D eigenvalue weighted by Gasteiger charge is -2.35. The van der Waals surface area contributed by atoms with E-state index in [0.717, 1.165) is 0 Å². The maximum Gasteiger partial charge on any atom is 0.0277 e. The third kappa shape index (κ3) is 2.17. The second kappa shape index (κ2) is 4.24. The van der Waals surface area contributed by atoms with Gasteiger partial charge in [-0.2, -0.15) is 0 Å². The van der Waals surface area contributed by atoms with Gasteiger partial charge in [0.2, 0.25) is 0 Å². The molecule has 0 radical (unpaired) electrons. The first-order valence-corrected chi connectivity index (χ1v) is 5.06. The number of hydrogen-bond acceptors (Lipinski definition) is 2. The Kier molecular flexibility index (Phi) is 4.37. The van der Waals surface area contributed by atoms with E-state index < -0.39 is 0 Å². The van der Waals surface area contributed by atoms with Gasteiger partial charge in [0.25, 0.3) is 0 Å². The van der Waals surface area contributed by atoms with E-state index in [1.165, 1.54) is 12.8 Å². The van der Waals surface area contributed by atoms with E-state index in [9.17, 15) is 0 Å². The summed E-state index contributed by atoms with van der Waals surface area (Å²) in [7, 11) is 2.16. The Hall–Kier alpha value is 0.310. The summed E-state index contributed by atoms with van der Waals surface area (Å²) in [5.41, 5.74) is 0.388. The van der Waals surface area contributed by atoms with Crippen molar-refractivity contribution in [1.82, 2.24) is 4.31 Å². The molecule has 0 aromatic carbocycles. The summed E-state index contributed by atoms with van der Waals surface area (Å²) in [6.45, 7) is 6.80. The van der Waals surface area contributed by atoms with Crippen LogP contribution in [0.5, 0.6) is 0 Å². The van der Waals surface area contributed by atoms with Crippen molar-refractivity contribution >= 4 is 11.9 Å². The van der Waals surface area contributed by atoms with Crippen LogP contribution in [-0.2, 0) is 0 Å². The molecule has 0 saturated heterocycles. The summed E-state index contributed by atoms with van der Waals surface area (Å²) >= 11 is 1.81. The highest BCUT2D eigenvalue weighted by Gasteiger charge is 2.23. The van der Waals surface area contributed by atoms with Gasteiger partial charge in [0.05, 0.1) is 0 Å².